The number of benzene rings is 1. The molecule has 2 nitrogen and oxygen atoms in total. The van der Waals surface area contributed by atoms with Crippen molar-refractivity contribution in [1.82, 2.24) is 5.32 Å². The van der Waals surface area contributed by atoms with Gasteiger partial charge in [-0.05, 0) is 55.7 Å². The van der Waals surface area contributed by atoms with E-state index in [0.717, 1.165) is 19.1 Å². The van der Waals surface area contributed by atoms with Gasteiger partial charge < -0.3 is 10.1 Å². The summed E-state index contributed by atoms with van der Waals surface area (Å²) in [4.78, 5) is 0. The number of halogens is 1. The molecule has 19 heavy (non-hydrogen) atoms. The Morgan fingerprint density at radius 1 is 1.26 bits per heavy atom. The summed E-state index contributed by atoms with van der Waals surface area (Å²) < 4.78 is 6.77. The first-order valence-electron chi connectivity index (χ1n) is 7.33. The summed E-state index contributed by atoms with van der Waals surface area (Å²) in [6.45, 7) is 4.27. The smallest absolute Gasteiger partial charge is 0.0588 e. The third kappa shape index (κ3) is 3.21. The second kappa shape index (κ2) is 5.94. The van der Waals surface area contributed by atoms with E-state index in [-0.39, 0.29) is 0 Å². The van der Waals surface area contributed by atoms with E-state index < -0.39 is 0 Å². The molecule has 0 radical (unpaired) electrons. The van der Waals surface area contributed by atoms with Crippen LogP contribution in [-0.2, 0) is 4.74 Å². The van der Waals surface area contributed by atoms with Gasteiger partial charge in [-0.2, -0.15) is 0 Å². The molecule has 1 aromatic rings. The van der Waals surface area contributed by atoms with E-state index >= 15 is 0 Å². The minimum Gasteiger partial charge on any atom is -0.378 e. The zero-order valence-corrected chi connectivity index (χ0v) is 13.0. The summed E-state index contributed by atoms with van der Waals surface area (Å²) in [7, 11) is 0. The first kappa shape index (κ1) is 13.6. The SMILES string of the molecule is CC1OCCC1CNC1CC(c2ccc(Br)cc2)C1. The molecule has 2 unspecified atom stereocenters. The molecule has 2 fully saturated rings. The van der Waals surface area contributed by atoms with Gasteiger partial charge >= 0.3 is 0 Å². The molecule has 2 aliphatic rings. The van der Waals surface area contributed by atoms with Crippen LogP contribution >= 0.6 is 15.9 Å². The van der Waals surface area contributed by atoms with Crippen LogP contribution in [0.1, 0.15) is 37.7 Å². The maximum Gasteiger partial charge on any atom is 0.0588 e. The van der Waals surface area contributed by atoms with Crippen molar-refractivity contribution in [2.75, 3.05) is 13.2 Å². The van der Waals surface area contributed by atoms with Gasteiger partial charge in [0.25, 0.3) is 0 Å². The highest BCUT2D eigenvalue weighted by Gasteiger charge is 2.31. The molecular formula is C16H22BrNO. The monoisotopic (exact) mass is 323 g/mol. The van der Waals surface area contributed by atoms with Gasteiger partial charge in [-0.15, -0.1) is 0 Å². The van der Waals surface area contributed by atoms with E-state index in [1.807, 2.05) is 0 Å². The second-order valence-corrected chi connectivity index (χ2v) is 6.87. The molecule has 0 bridgehead atoms. The van der Waals surface area contributed by atoms with Crippen LogP contribution in [0.15, 0.2) is 28.7 Å². The van der Waals surface area contributed by atoms with Gasteiger partial charge in [0.1, 0.15) is 0 Å². The molecule has 3 rings (SSSR count). The van der Waals surface area contributed by atoms with Crippen molar-refractivity contribution in [3.05, 3.63) is 34.3 Å². The molecule has 1 saturated heterocycles. The molecule has 1 heterocycles. The Morgan fingerprint density at radius 2 is 2.00 bits per heavy atom. The quantitative estimate of drug-likeness (QED) is 0.912. The average Bonchev–Trinajstić information content (AvgIpc) is 2.75. The zero-order valence-electron chi connectivity index (χ0n) is 11.4. The molecule has 1 aromatic carbocycles. The Kier molecular flexibility index (Phi) is 4.25. The molecule has 1 aliphatic carbocycles. The normalized spacial score (nSPS) is 34.2. The van der Waals surface area contributed by atoms with Crippen LogP contribution in [0.25, 0.3) is 0 Å². The predicted molar refractivity (Wildman–Crippen MR) is 81.4 cm³/mol. The number of nitrogens with one attached hydrogen (secondary N) is 1. The van der Waals surface area contributed by atoms with Crippen molar-refractivity contribution in [1.29, 1.82) is 0 Å². The maximum atomic E-state index is 5.61. The number of hydrogen-bond acceptors (Lipinski definition) is 2. The summed E-state index contributed by atoms with van der Waals surface area (Å²) in [5.41, 5.74) is 1.49. The maximum absolute atomic E-state index is 5.61. The van der Waals surface area contributed by atoms with Crippen LogP contribution in [-0.4, -0.2) is 25.3 Å². The minimum atomic E-state index is 0.440. The van der Waals surface area contributed by atoms with Crippen molar-refractivity contribution >= 4 is 15.9 Å². The van der Waals surface area contributed by atoms with E-state index in [0.29, 0.717) is 18.1 Å². The third-order valence-corrected chi connectivity index (χ3v) is 5.21. The van der Waals surface area contributed by atoms with E-state index in [4.69, 9.17) is 4.74 Å². The topological polar surface area (TPSA) is 21.3 Å². The fourth-order valence-electron chi connectivity index (χ4n) is 3.15. The van der Waals surface area contributed by atoms with Crippen LogP contribution < -0.4 is 5.32 Å². The Labute approximate surface area is 124 Å². The van der Waals surface area contributed by atoms with Crippen molar-refractivity contribution < 1.29 is 4.74 Å². The third-order valence-electron chi connectivity index (χ3n) is 4.68. The van der Waals surface area contributed by atoms with E-state index in [2.05, 4.69) is 52.4 Å². The lowest BCUT2D eigenvalue weighted by molar-refractivity contribution is 0.103. The van der Waals surface area contributed by atoms with Gasteiger partial charge in [0.2, 0.25) is 0 Å². The van der Waals surface area contributed by atoms with Gasteiger partial charge in [-0.3, -0.25) is 0 Å². The Balaban J connectivity index is 1.41. The summed E-state index contributed by atoms with van der Waals surface area (Å²) in [6, 6.07) is 9.50. The van der Waals surface area contributed by atoms with Crippen LogP contribution in [0.5, 0.6) is 0 Å². The van der Waals surface area contributed by atoms with Crippen molar-refractivity contribution in [3.63, 3.8) is 0 Å². The molecule has 1 N–H and O–H groups in total. The Morgan fingerprint density at radius 3 is 2.63 bits per heavy atom. The summed E-state index contributed by atoms with van der Waals surface area (Å²) in [5, 5.41) is 3.71. The molecule has 0 spiro atoms. The Bertz CT molecular complexity index is 413. The molecule has 1 aliphatic heterocycles. The van der Waals surface area contributed by atoms with E-state index in [1.54, 1.807) is 0 Å². The lowest BCUT2D eigenvalue weighted by Gasteiger charge is -2.37. The second-order valence-electron chi connectivity index (χ2n) is 5.95. The zero-order chi connectivity index (χ0) is 13.2. The lowest BCUT2D eigenvalue weighted by atomic mass is 9.76. The molecule has 0 amide bonds. The fraction of sp³-hybridized carbons (Fsp3) is 0.625. The highest BCUT2D eigenvalue weighted by Crippen LogP contribution is 2.37. The van der Waals surface area contributed by atoms with Gasteiger partial charge in [0.05, 0.1) is 6.10 Å². The number of ether oxygens (including phenoxy) is 1. The molecule has 2 atom stereocenters. The van der Waals surface area contributed by atoms with Crippen LogP contribution in [0, 0.1) is 5.92 Å². The lowest BCUT2D eigenvalue weighted by Crippen LogP contribution is -2.43. The van der Waals surface area contributed by atoms with Crippen LogP contribution in [0.3, 0.4) is 0 Å². The summed E-state index contributed by atoms with van der Waals surface area (Å²) >= 11 is 3.49. The predicted octanol–water partition coefficient (Wildman–Crippen LogP) is 3.71. The van der Waals surface area contributed by atoms with Crippen molar-refractivity contribution in [2.45, 2.75) is 44.2 Å². The van der Waals surface area contributed by atoms with E-state index in [9.17, 15) is 0 Å². The molecular weight excluding hydrogens is 302 g/mol. The van der Waals surface area contributed by atoms with Gasteiger partial charge in [-0.1, -0.05) is 28.1 Å². The summed E-state index contributed by atoms with van der Waals surface area (Å²) in [5.74, 6) is 1.47. The summed E-state index contributed by atoms with van der Waals surface area (Å²) in [6.07, 6.45) is 4.22. The van der Waals surface area contributed by atoms with Gasteiger partial charge in [0.15, 0.2) is 0 Å². The molecule has 0 aromatic heterocycles. The van der Waals surface area contributed by atoms with Crippen LogP contribution in [0.2, 0.25) is 0 Å². The average molecular weight is 324 g/mol. The standard InChI is InChI=1S/C16H22BrNO/c1-11-13(6-7-19-11)10-18-16-8-14(9-16)12-2-4-15(17)5-3-12/h2-5,11,13-14,16,18H,6-10H2,1H3. The highest BCUT2D eigenvalue weighted by molar-refractivity contribution is 9.10. The minimum absolute atomic E-state index is 0.440. The first-order chi connectivity index (χ1) is 9.22. The largest absolute Gasteiger partial charge is 0.378 e. The fourth-order valence-corrected chi connectivity index (χ4v) is 3.42. The molecule has 104 valence electrons. The van der Waals surface area contributed by atoms with Gasteiger partial charge in [0, 0.05) is 23.7 Å². The number of hydrogen-bond donors (Lipinski definition) is 1. The molecule has 3 heteroatoms. The molecule has 1 saturated carbocycles. The van der Waals surface area contributed by atoms with E-state index in [1.165, 1.54) is 29.3 Å². The first-order valence-corrected chi connectivity index (χ1v) is 8.12. The number of rotatable bonds is 4. The van der Waals surface area contributed by atoms with Gasteiger partial charge in [-0.25, -0.2) is 0 Å². The van der Waals surface area contributed by atoms with Crippen molar-refractivity contribution in [3.8, 4) is 0 Å². The van der Waals surface area contributed by atoms with Crippen LogP contribution in [0.4, 0.5) is 0 Å². The van der Waals surface area contributed by atoms with Crippen molar-refractivity contribution in [2.24, 2.45) is 5.92 Å². The highest BCUT2D eigenvalue weighted by atomic mass is 79.9. The Hall–Kier alpha value is -0.380.